The van der Waals surface area contributed by atoms with Gasteiger partial charge >= 0.3 is 0 Å². The molecule has 1 unspecified atom stereocenters. The van der Waals surface area contributed by atoms with Crippen molar-refractivity contribution in [3.63, 3.8) is 0 Å². The summed E-state index contributed by atoms with van der Waals surface area (Å²) in [6, 6.07) is 0.218. The van der Waals surface area contributed by atoms with Crippen LogP contribution in [-0.2, 0) is 4.79 Å². The number of rotatable bonds is 5. The summed E-state index contributed by atoms with van der Waals surface area (Å²) in [6.07, 6.45) is 13.7. The second-order valence-corrected chi connectivity index (χ2v) is 4.31. The number of carbonyl (C=O) groups excluding carboxylic acids is 1. The third kappa shape index (κ3) is 3.00. The van der Waals surface area contributed by atoms with Crippen molar-refractivity contribution in [2.45, 2.75) is 46.6 Å². The minimum Gasteiger partial charge on any atom is -0.308 e. The molecule has 0 N–H and O–H groups in total. The van der Waals surface area contributed by atoms with Crippen LogP contribution in [-0.4, -0.2) is 16.8 Å². The van der Waals surface area contributed by atoms with Gasteiger partial charge in [-0.25, -0.2) is 0 Å². The predicted molar refractivity (Wildman–Crippen MR) is 77.0 cm³/mol. The van der Waals surface area contributed by atoms with Gasteiger partial charge in [0.1, 0.15) is 0 Å². The monoisotopic (exact) mass is 245 g/mol. The lowest BCUT2D eigenvalue weighted by atomic mass is 9.91. The number of hydrogen-bond donors (Lipinski definition) is 0. The topological polar surface area (TPSA) is 20.3 Å². The number of carbonyl (C=O) groups is 1. The Morgan fingerprint density at radius 1 is 1.33 bits per heavy atom. The summed E-state index contributed by atoms with van der Waals surface area (Å²) in [5.74, 6) is 0.224. The molecule has 1 fully saturated rings. The van der Waals surface area contributed by atoms with Crippen molar-refractivity contribution in [3.8, 4) is 0 Å². The Kier molecular flexibility index (Phi) is 5.63. The molecule has 98 valence electrons. The van der Waals surface area contributed by atoms with Crippen molar-refractivity contribution in [3.05, 3.63) is 47.7 Å². The Morgan fingerprint density at radius 3 is 2.50 bits per heavy atom. The number of β-lactam (4-membered cyclic amide) rings is 1. The van der Waals surface area contributed by atoms with E-state index in [2.05, 4.69) is 19.1 Å². The van der Waals surface area contributed by atoms with Crippen LogP contribution < -0.4 is 0 Å². The van der Waals surface area contributed by atoms with E-state index in [9.17, 15) is 4.79 Å². The fourth-order valence-corrected chi connectivity index (χ4v) is 2.21. The van der Waals surface area contributed by atoms with Gasteiger partial charge in [-0.15, -0.1) is 0 Å². The lowest BCUT2D eigenvalue weighted by Crippen LogP contribution is -2.52. The molecule has 0 aromatic carbocycles. The zero-order chi connectivity index (χ0) is 13.5. The smallest absolute Gasteiger partial charge is 0.229 e. The van der Waals surface area contributed by atoms with Gasteiger partial charge < -0.3 is 4.90 Å². The first-order valence-electron chi connectivity index (χ1n) is 6.62. The maximum atomic E-state index is 11.8. The lowest BCUT2D eigenvalue weighted by molar-refractivity contribution is -0.140. The van der Waals surface area contributed by atoms with Crippen LogP contribution in [0.4, 0.5) is 0 Å². The van der Waals surface area contributed by atoms with Gasteiger partial charge in [-0.2, -0.15) is 0 Å². The van der Waals surface area contributed by atoms with Crippen molar-refractivity contribution in [1.29, 1.82) is 0 Å². The molecule has 1 rings (SSSR count). The maximum absolute atomic E-state index is 11.8. The van der Waals surface area contributed by atoms with Crippen LogP contribution in [0.2, 0.25) is 0 Å². The zero-order valence-corrected chi connectivity index (χ0v) is 11.8. The van der Waals surface area contributed by atoms with E-state index in [1.807, 2.05) is 50.0 Å². The molecule has 2 nitrogen and oxygen atoms in total. The van der Waals surface area contributed by atoms with Crippen LogP contribution in [0.5, 0.6) is 0 Å². The summed E-state index contributed by atoms with van der Waals surface area (Å²) in [6.45, 7) is 8.10. The molecule has 1 saturated heterocycles. The van der Waals surface area contributed by atoms with Gasteiger partial charge in [0, 0.05) is 5.70 Å². The Balaban J connectivity index is 2.95. The molecule has 1 atom stereocenters. The molecule has 0 radical (unpaired) electrons. The maximum Gasteiger partial charge on any atom is 0.229 e. The van der Waals surface area contributed by atoms with Crippen molar-refractivity contribution in [1.82, 2.24) is 4.90 Å². The summed E-state index contributed by atoms with van der Waals surface area (Å²) in [7, 11) is 0. The molecule has 1 aliphatic heterocycles. The summed E-state index contributed by atoms with van der Waals surface area (Å²) >= 11 is 0. The fourth-order valence-electron chi connectivity index (χ4n) is 2.21. The fraction of sp³-hybridized carbons (Fsp3) is 0.438. The minimum absolute atomic E-state index is 0.218. The van der Waals surface area contributed by atoms with Crippen LogP contribution in [0.15, 0.2) is 47.7 Å². The van der Waals surface area contributed by atoms with Crippen molar-refractivity contribution in [2.24, 2.45) is 0 Å². The van der Waals surface area contributed by atoms with Crippen LogP contribution in [0, 0.1) is 0 Å². The zero-order valence-electron chi connectivity index (χ0n) is 11.8. The van der Waals surface area contributed by atoms with E-state index < -0.39 is 0 Å². The van der Waals surface area contributed by atoms with E-state index in [0.29, 0.717) is 6.42 Å². The number of likely N-dealkylation sites (tertiary alicyclic amines) is 1. The second kappa shape index (κ2) is 7.00. The molecule has 0 spiro atoms. The molecule has 1 amide bonds. The second-order valence-electron chi connectivity index (χ2n) is 4.31. The third-order valence-electron chi connectivity index (χ3n) is 3.18. The molecule has 0 bridgehead atoms. The molecule has 18 heavy (non-hydrogen) atoms. The quantitative estimate of drug-likeness (QED) is 0.530. The number of hydrogen-bond acceptors (Lipinski definition) is 1. The van der Waals surface area contributed by atoms with Crippen LogP contribution in [0.3, 0.4) is 0 Å². The highest BCUT2D eigenvalue weighted by atomic mass is 16.2. The first kappa shape index (κ1) is 14.5. The number of allylic oxidation sites excluding steroid dienone is 6. The van der Waals surface area contributed by atoms with Gasteiger partial charge in [0.25, 0.3) is 0 Å². The normalized spacial score (nSPS) is 22.1. The van der Waals surface area contributed by atoms with E-state index >= 15 is 0 Å². The van der Waals surface area contributed by atoms with E-state index in [0.717, 1.165) is 12.1 Å². The van der Waals surface area contributed by atoms with Gasteiger partial charge in [-0.3, -0.25) is 4.79 Å². The lowest BCUT2D eigenvalue weighted by Gasteiger charge is -2.42. The van der Waals surface area contributed by atoms with Gasteiger partial charge in [0.15, 0.2) is 0 Å². The molecule has 1 aliphatic rings. The highest BCUT2D eigenvalue weighted by molar-refractivity contribution is 5.86. The highest BCUT2D eigenvalue weighted by Gasteiger charge is 2.38. The minimum atomic E-state index is 0.218. The largest absolute Gasteiger partial charge is 0.308 e. The SMILES string of the molecule is C/C=C\C=C(/CC)N1C(=O)CC1C(/C=C\C)=C/C. The molecular formula is C16H23NO. The van der Waals surface area contributed by atoms with E-state index in [1.165, 1.54) is 5.57 Å². The Labute approximate surface area is 110 Å². The van der Waals surface area contributed by atoms with Gasteiger partial charge in [-0.1, -0.05) is 37.3 Å². The van der Waals surface area contributed by atoms with Crippen LogP contribution >= 0.6 is 0 Å². The Bertz CT molecular complexity index is 413. The average Bonchev–Trinajstić information content (AvgIpc) is 2.38. The molecular weight excluding hydrogens is 222 g/mol. The molecule has 1 heterocycles. The average molecular weight is 245 g/mol. The first-order chi connectivity index (χ1) is 8.69. The summed E-state index contributed by atoms with van der Waals surface area (Å²) in [5.41, 5.74) is 2.31. The molecule has 0 aromatic heterocycles. The number of nitrogens with zero attached hydrogens (tertiary/aromatic N) is 1. The van der Waals surface area contributed by atoms with Crippen molar-refractivity contribution >= 4 is 5.91 Å². The summed E-state index contributed by atoms with van der Waals surface area (Å²) in [5, 5.41) is 0. The van der Waals surface area contributed by atoms with E-state index in [4.69, 9.17) is 0 Å². The van der Waals surface area contributed by atoms with Gasteiger partial charge in [0.05, 0.1) is 12.5 Å². The Hall–Kier alpha value is -1.57. The van der Waals surface area contributed by atoms with E-state index in [1.54, 1.807) is 0 Å². The molecule has 0 aliphatic carbocycles. The summed E-state index contributed by atoms with van der Waals surface area (Å²) < 4.78 is 0. The standard InChI is InChI=1S/C16H23NO/c1-5-9-11-14(8-4)17-15(12-16(17)18)13(7-3)10-6-2/h5-7,9-11,15H,8,12H2,1-4H3/b9-5-,10-6-,13-7+,14-11+. The molecule has 2 heteroatoms. The highest BCUT2D eigenvalue weighted by Crippen LogP contribution is 2.31. The van der Waals surface area contributed by atoms with Crippen molar-refractivity contribution < 1.29 is 4.79 Å². The van der Waals surface area contributed by atoms with Crippen LogP contribution in [0.25, 0.3) is 0 Å². The van der Waals surface area contributed by atoms with E-state index in [-0.39, 0.29) is 11.9 Å². The van der Waals surface area contributed by atoms with Crippen molar-refractivity contribution in [2.75, 3.05) is 0 Å². The number of amides is 1. The third-order valence-corrected chi connectivity index (χ3v) is 3.18. The Morgan fingerprint density at radius 2 is 2.06 bits per heavy atom. The first-order valence-corrected chi connectivity index (χ1v) is 6.62. The van der Waals surface area contributed by atoms with Gasteiger partial charge in [0.2, 0.25) is 5.91 Å². The summed E-state index contributed by atoms with van der Waals surface area (Å²) in [4.78, 5) is 13.8. The van der Waals surface area contributed by atoms with Gasteiger partial charge in [-0.05, 0) is 38.8 Å². The van der Waals surface area contributed by atoms with Crippen LogP contribution in [0.1, 0.15) is 40.5 Å². The molecule has 0 aromatic rings. The predicted octanol–water partition coefficient (Wildman–Crippen LogP) is 3.98. The molecule has 0 saturated carbocycles.